The average molecular weight is 531 g/mol. The van der Waals surface area contributed by atoms with Crippen molar-refractivity contribution < 1.29 is 16.5 Å². The molecule has 2 heterocycles. The summed E-state index contributed by atoms with van der Waals surface area (Å²) in [6.45, 7) is 6.19. The Balaban J connectivity index is 1.87. The van der Waals surface area contributed by atoms with Gasteiger partial charge in [-0.1, -0.05) is 41.3 Å². The van der Waals surface area contributed by atoms with Gasteiger partial charge in [0.15, 0.2) is 5.43 Å². The fraction of sp³-hybridized carbons (Fsp3) is 0.233. The molecule has 3 aromatic carbocycles. The smallest absolute Gasteiger partial charge is 0.358 e. The van der Waals surface area contributed by atoms with Crippen molar-refractivity contribution in [2.45, 2.75) is 46.1 Å². The zero-order chi connectivity index (χ0) is 27.2. The van der Waals surface area contributed by atoms with Crippen LogP contribution in [0.25, 0.3) is 44.0 Å². The van der Waals surface area contributed by atoms with Crippen molar-refractivity contribution in [2.24, 2.45) is 0 Å². The second kappa shape index (κ2) is 9.66. The Morgan fingerprint density at radius 1 is 1.11 bits per heavy atom. The van der Waals surface area contributed by atoms with Crippen molar-refractivity contribution in [3.63, 3.8) is 0 Å². The van der Waals surface area contributed by atoms with E-state index in [1.807, 2.05) is 50.2 Å². The van der Waals surface area contributed by atoms with Gasteiger partial charge in [0.05, 0.1) is 10.9 Å². The lowest BCUT2D eigenvalue weighted by atomic mass is 9.93. The fourth-order valence-electron chi connectivity index (χ4n) is 5.16. The number of rotatable bonds is 7. The van der Waals surface area contributed by atoms with Gasteiger partial charge in [-0.15, -0.1) is 6.42 Å². The van der Waals surface area contributed by atoms with Gasteiger partial charge in [0, 0.05) is 27.9 Å². The van der Waals surface area contributed by atoms with Crippen molar-refractivity contribution in [1.82, 2.24) is 9.55 Å². The molecule has 2 aromatic heterocycles. The Hall–Kier alpha value is -4.09. The van der Waals surface area contributed by atoms with E-state index in [1.165, 1.54) is 12.1 Å². The number of benzene rings is 3. The van der Waals surface area contributed by atoms with Crippen molar-refractivity contribution in [3.05, 3.63) is 75.9 Å². The number of aromatic amines is 1. The Morgan fingerprint density at radius 3 is 2.58 bits per heavy atom. The summed E-state index contributed by atoms with van der Waals surface area (Å²) in [6, 6.07) is 15.8. The predicted octanol–water partition coefficient (Wildman–Crippen LogP) is 6.80. The number of fused-ring (bicyclic) bond motifs is 4. The summed E-state index contributed by atoms with van der Waals surface area (Å²) in [6.07, 6.45) is 8.17. The fourth-order valence-corrected chi connectivity index (χ4v) is 5.50. The maximum absolute atomic E-state index is 14.0. The lowest BCUT2D eigenvalue weighted by Crippen LogP contribution is -2.13. The molecule has 0 aliphatic heterocycles. The molecule has 0 saturated carbocycles. The van der Waals surface area contributed by atoms with E-state index in [-0.39, 0.29) is 17.2 Å². The monoisotopic (exact) mass is 530 g/mol. The van der Waals surface area contributed by atoms with E-state index in [0.717, 1.165) is 46.0 Å². The number of terminal acetylenes is 1. The van der Waals surface area contributed by atoms with Gasteiger partial charge < -0.3 is 13.7 Å². The highest BCUT2D eigenvalue weighted by Gasteiger charge is 2.20. The van der Waals surface area contributed by atoms with Crippen molar-refractivity contribution in [1.29, 1.82) is 0 Å². The van der Waals surface area contributed by atoms with Crippen molar-refractivity contribution in [3.8, 4) is 29.2 Å². The third-order valence-corrected chi connectivity index (χ3v) is 7.19. The molecule has 0 aliphatic carbocycles. The van der Waals surface area contributed by atoms with Gasteiger partial charge in [0.25, 0.3) is 0 Å². The number of unbranched alkanes of at least 4 members (excludes halogenated alkanes) is 1. The van der Waals surface area contributed by atoms with Crippen LogP contribution in [0.3, 0.4) is 0 Å². The van der Waals surface area contributed by atoms with Crippen LogP contribution < -0.4 is 9.61 Å². The molecule has 0 unspecified atom stereocenters. The number of hydrogen-bond acceptors (Lipinski definition) is 4. The maximum Gasteiger partial charge on any atom is 0.488 e. The van der Waals surface area contributed by atoms with Crippen LogP contribution in [0.4, 0.5) is 3.89 Å². The second-order valence-corrected chi connectivity index (χ2v) is 10.6. The first kappa shape index (κ1) is 25.6. The Labute approximate surface area is 220 Å². The van der Waals surface area contributed by atoms with E-state index in [4.69, 9.17) is 6.42 Å². The van der Waals surface area contributed by atoms with E-state index in [2.05, 4.69) is 26.6 Å². The largest absolute Gasteiger partial charge is 0.488 e. The summed E-state index contributed by atoms with van der Waals surface area (Å²) in [4.78, 5) is 17.4. The SMILES string of the molecule is C#Cc1ccc2c(c1)[nH]c1c2c(=O)c2cc(CCCC)c(-c3cccc(OS(=O)(=O)F)c3)cc2n1C(C)C. The zero-order valence-electron chi connectivity index (χ0n) is 21.3. The lowest BCUT2D eigenvalue weighted by Gasteiger charge is -2.20. The molecule has 8 heteroatoms. The van der Waals surface area contributed by atoms with Crippen LogP contribution >= 0.6 is 0 Å². The number of nitrogens with zero attached hydrogens (tertiary/aromatic N) is 1. The number of hydrogen-bond donors (Lipinski definition) is 1. The summed E-state index contributed by atoms with van der Waals surface area (Å²) < 4.78 is 42.0. The van der Waals surface area contributed by atoms with Crippen LogP contribution in [0.2, 0.25) is 0 Å². The molecule has 0 atom stereocenters. The average Bonchev–Trinajstić information content (AvgIpc) is 3.24. The molecule has 0 aliphatic rings. The van der Waals surface area contributed by atoms with Crippen LogP contribution in [-0.4, -0.2) is 18.0 Å². The Morgan fingerprint density at radius 2 is 1.89 bits per heavy atom. The first-order chi connectivity index (χ1) is 18.1. The molecular weight excluding hydrogens is 503 g/mol. The highest BCUT2D eigenvalue weighted by molar-refractivity contribution is 7.81. The molecule has 0 amide bonds. The number of pyridine rings is 1. The summed E-state index contributed by atoms with van der Waals surface area (Å²) in [5, 5.41) is 2.03. The van der Waals surface area contributed by atoms with Crippen LogP contribution in [-0.2, 0) is 16.9 Å². The van der Waals surface area contributed by atoms with Gasteiger partial charge in [-0.25, -0.2) is 0 Å². The number of nitrogens with one attached hydrogen (secondary N) is 1. The molecular formula is C30H27FN2O4S. The minimum Gasteiger partial charge on any atom is -0.358 e. The minimum atomic E-state index is -5.16. The predicted molar refractivity (Wildman–Crippen MR) is 151 cm³/mol. The molecule has 0 saturated heterocycles. The summed E-state index contributed by atoms with van der Waals surface area (Å²) in [7, 11) is -5.16. The number of aryl methyl sites for hydroxylation is 1. The number of halogens is 1. The van der Waals surface area contributed by atoms with Gasteiger partial charge >= 0.3 is 10.5 Å². The van der Waals surface area contributed by atoms with Gasteiger partial charge in [-0.05, 0) is 79.8 Å². The molecule has 6 nitrogen and oxygen atoms in total. The quantitative estimate of drug-likeness (QED) is 0.185. The number of aromatic nitrogens is 2. The van der Waals surface area contributed by atoms with E-state index < -0.39 is 10.5 Å². The molecule has 0 spiro atoms. The normalized spacial score (nSPS) is 12.0. The van der Waals surface area contributed by atoms with Crippen LogP contribution in [0, 0.1) is 12.3 Å². The minimum absolute atomic E-state index is 0.00135. The molecule has 0 fully saturated rings. The van der Waals surface area contributed by atoms with E-state index in [1.54, 1.807) is 6.07 Å². The highest BCUT2D eigenvalue weighted by atomic mass is 32.3. The van der Waals surface area contributed by atoms with Gasteiger partial charge in [0.2, 0.25) is 0 Å². The topological polar surface area (TPSA) is 81.2 Å². The van der Waals surface area contributed by atoms with Gasteiger partial charge in [-0.3, -0.25) is 4.79 Å². The zero-order valence-corrected chi connectivity index (χ0v) is 22.2. The summed E-state index contributed by atoms with van der Waals surface area (Å²) >= 11 is 0. The Bertz CT molecular complexity index is 1930. The summed E-state index contributed by atoms with van der Waals surface area (Å²) in [5.74, 6) is 2.52. The van der Waals surface area contributed by atoms with E-state index in [9.17, 15) is 17.1 Å². The molecule has 38 heavy (non-hydrogen) atoms. The third kappa shape index (κ3) is 4.54. The van der Waals surface area contributed by atoms with Crippen LogP contribution in [0.1, 0.15) is 50.8 Å². The van der Waals surface area contributed by atoms with Crippen molar-refractivity contribution >= 4 is 43.3 Å². The van der Waals surface area contributed by atoms with Gasteiger partial charge in [-0.2, -0.15) is 8.42 Å². The number of H-pyrrole nitrogens is 1. The molecule has 194 valence electrons. The highest BCUT2D eigenvalue weighted by Crippen LogP contribution is 2.35. The molecule has 1 N–H and O–H groups in total. The molecule has 0 bridgehead atoms. The van der Waals surface area contributed by atoms with E-state index >= 15 is 0 Å². The first-order valence-electron chi connectivity index (χ1n) is 12.5. The molecule has 5 rings (SSSR count). The second-order valence-electron chi connectivity index (χ2n) is 9.68. The van der Waals surface area contributed by atoms with Gasteiger partial charge in [0.1, 0.15) is 11.4 Å². The first-order valence-corrected chi connectivity index (χ1v) is 13.8. The van der Waals surface area contributed by atoms with E-state index in [0.29, 0.717) is 28.4 Å². The van der Waals surface area contributed by atoms with Crippen molar-refractivity contribution in [2.75, 3.05) is 0 Å². The third-order valence-electron chi connectivity index (χ3n) is 6.80. The molecule has 0 radical (unpaired) electrons. The van der Waals surface area contributed by atoms with Crippen LogP contribution in [0.5, 0.6) is 5.75 Å². The lowest BCUT2D eigenvalue weighted by molar-refractivity contribution is 0.440. The maximum atomic E-state index is 14.0. The standard InChI is InChI=1S/C30H27FN2O4S/c1-5-7-9-21-16-25-27(17-24(21)20-10-8-11-22(15-20)37-38(31,35)36)33(18(3)4)30-28(29(25)34)23-13-12-19(6-2)14-26(23)32-30/h2,8,10-18,32H,5,7,9H2,1,3-4H3. The van der Waals surface area contributed by atoms with Crippen LogP contribution in [0.15, 0.2) is 59.4 Å². The Kier molecular flexibility index (Phi) is 6.49. The summed E-state index contributed by atoms with van der Waals surface area (Å²) in [5.41, 5.74) is 5.32. The molecule has 5 aromatic rings.